The fraction of sp³-hybridized carbons (Fsp3) is 0.508. The number of aromatic nitrogens is 2. The van der Waals surface area contributed by atoms with Crippen molar-refractivity contribution in [2.24, 2.45) is 5.41 Å². The summed E-state index contributed by atoms with van der Waals surface area (Å²) >= 11 is 1.50. The Hall–Kier alpha value is -7.54. The summed E-state index contributed by atoms with van der Waals surface area (Å²) in [7, 11) is 2.01. The van der Waals surface area contributed by atoms with E-state index in [1.807, 2.05) is 73.5 Å². The first-order chi connectivity index (χ1) is 42.3. The Labute approximate surface area is 520 Å². The van der Waals surface area contributed by atoms with Gasteiger partial charge in [-0.25, -0.2) is 9.37 Å². The zero-order valence-electron chi connectivity index (χ0n) is 51.1. The van der Waals surface area contributed by atoms with Crippen molar-refractivity contribution in [3.8, 4) is 21.6 Å². The van der Waals surface area contributed by atoms with Crippen LogP contribution >= 0.6 is 11.3 Å². The lowest BCUT2D eigenvalue weighted by Crippen LogP contribution is -2.59. The maximum atomic E-state index is 14.8. The number of alkyl halides is 4. The highest BCUT2D eigenvalue weighted by atomic mass is 32.1. The number of unbranched alkanes of at least 4 members (excludes halogenated alkanes) is 4. The summed E-state index contributed by atoms with van der Waals surface area (Å²) in [5.74, 6) is -3.24. The Balaban J connectivity index is 0.722. The lowest BCUT2D eigenvalue weighted by Gasteiger charge is -2.36. The average molecular weight is 1250 g/mol. The second kappa shape index (κ2) is 28.5. The fourth-order valence-corrected chi connectivity index (χ4v) is 12.6. The summed E-state index contributed by atoms with van der Waals surface area (Å²) < 4.78 is 56.8. The largest absolute Gasteiger partial charge is 0.417 e. The molecule has 1 saturated carbocycles. The number of aliphatic hydroxyl groups is 1. The minimum absolute atomic E-state index is 0.0658. The molecule has 4 atom stereocenters. The number of pyridine rings is 1. The molecule has 0 bridgehead atoms. The molecule has 89 heavy (non-hydrogen) atoms. The molecule has 0 radical (unpaired) electrons. The molecule has 3 aliphatic heterocycles. The second-order valence-electron chi connectivity index (χ2n) is 25.1. The van der Waals surface area contributed by atoms with Crippen molar-refractivity contribution in [1.82, 2.24) is 45.5 Å². The van der Waals surface area contributed by atoms with Gasteiger partial charge in [0.15, 0.2) is 5.67 Å². The monoisotopic (exact) mass is 1250 g/mol. The number of hydrogen-bond acceptors (Lipinski definition) is 13. The number of thiazole rings is 1. The number of carbonyl (C=O) groups is 6. The first-order valence-corrected chi connectivity index (χ1v) is 31.6. The summed E-state index contributed by atoms with van der Waals surface area (Å²) in [6.45, 7) is 13.4. The van der Waals surface area contributed by atoms with E-state index in [0.29, 0.717) is 88.2 Å². The van der Waals surface area contributed by atoms with Crippen molar-refractivity contribution in [1.29, 1.82) is 0 Å². The number of hydrogen-bond donors (Lipinski definition) is 6. The van der Waals surface area contributed by atoms with Crippen molar-refractivity contribution < 1.29 is 51.4 Å². The van der Waals surface area contributed by atoms with Gasteiger partial charge >= 0.3 is 6.18 Å². The predicted octanol–water partition coefficient (Wildman–Crippen LogP) is 7.84. The van der Waals surface area contributed by atoms with Gasteiger partial charge in [-0.3, -0.25) is 38.5 Å². The molecule has 6 amide bonds. The molecule has 24 heteroatoms. The van der Waals surface area contributed by atoms with E-state index in [4.69, 9.17) is 0 Å². The molecule has 0 unspecified atom stereocenters. The van der Waals surface area contributed by atoms with Crippen LogP contribution in [0.15, 0.2) is 89.3 Å². The molecule has 3 aromatic carbocycles. The molecule has 2 aromatic heterocycles. The number of piperazine rings is 2. The van der Waals surface area contributed by atoms with E-state index in [1.54, 1.807) is 32.3 Å². The van der Waals surface area contributed by atoms with Gasteiger partial charge in [-0.2, -0.15) is 13.2 Å². The number of nitrogens with one attached hydrogen (secondary N) is 5. The number of aromatic amines is 1. The minimum atomic E-state index is -4.92. The van der Waals surface area contributed by atoms with Crippen LogP contribution in [-0.2, 0) is 36.7 Å². The molecular weight excluding hydrogens is 1170 g/mol. The first kappa shape index (κ1) is 65.9. The maximum Gasteiger partial charge on any atom is 0.417 e. The van der Waals surface area contributed by atoms with Gasteiger partial charge in [-0.15, -0.1) is 11.3 Å². The topological polar surface area (TPSA) is 233 Å². The van der Waals surface area contributed by atoms with E-state index in [-0.39, 0.29) is 44.0 Å². The quantitative estimate of drug-likeness (QED) is 0.0271. The number of likely N-dealkylation sites (tertiary alicyclic amines) is 1. The molecule has 478 valence electrons. The number of benzene rings is 3. The number of halogens is 4. The lowest BCUT2D eigenvalue weighted by molar-refractivity contribution is -0.145. The fourth-order valence-electron chi connectivity index (χ4n) is 11.7. The van der Waals surface area contributed by atoms with Crippen LogP contribution in [-0.4, -0.2) is 166 Å². The minimum Gasteiger partial charge on any atom is -0.391 e. The van der Waals surface area contributed by atoms with Crippen LogP contribution < -0.4 is 31.7 Å². The molecule has 1 aliphatic carbocycles. The zero-order valence-corrected chi connectivity index (χ0v) is 52.0. The van der Waals surface area contributed by atoms with E-state index in [0.717, 1.165) is 77.8 Å². The predicted molar refractivity (Wildman–Crippen MR) is 333 cm³/mol. The molecule has 6 N–H and O–H groups in total. The summed E-state index contributed by atoms with van der Waals surface area (Å²) in [5, 5.41) is 22.1. The van der Waals surface area contributed by atoms with Crippen molar-refractivity contribution in [2.75, 3.05) is 82.7 Å². The molecule has 4 fully saturated rings. The van der Waals surface area contributed by atoms with Gasteiger partial charge in [-0.05, 0) is 91.1 Å². The van der Waals surface area contributed by atoms with Gasteiger partial charge in [-0.1, -0.05) is 88.6 Å². The summed E-state index contributed by atoms with van der Waals surface area (Å²) in [5.41, 5.74) is 2.01. The first-order valence-electron chi connectivity index (χ1n) is 30.7. The highest BCUT2D eigenvalue weighted by Crippen LogP contribution is 2.41. The van der Waals surface area contributed by atoms with Gasteiger partial charge in [0.25, 0.3) is 11.8 Å². The van der Waals surface area contributed by atoms with Gasteiger partial charge in [0.05, 0.1) is 57.1 Å². The van der Waals surface area contributed by atoms with Gasteiger partial charge in [0.1, 0.15) is 12.1 Å². The van der Waals surface area contributed by atoms with Crippen LogP contribution in [0.2, 0.25) is 0 Å². The van der Waals surface area contributed by atoms with Gasteiger partial charge in [0, 0.05) is 97.1 Å². The van der Waals surface area contributed by atoms with Crippen LogP contribution in [0, 0.1) is 12.3 Å². The normalized spacial score (nSPS) is 18.7. The van der Waals surface area contributed by atoms with E-state index >= 15 is 0 Å². The molecular formula is C65H81F4N11O8S. The Morgan fingerprint density at radius 1 is 0.831 bits per heavy atom. The third-order valence-electron chi connectivity index (χ3n) is 17.2. The number of aryl methyl sites for hydroxylation is 1. The number of anilines is 2. The Morgan fingerprint density at radius 2 is 1.52 bits per heavy atom. The maximum absolute atomic E-state index is 14.8. The zero-order chi connectivity index (χ0) is 63.8. The number of β-amino-alcohol motifs (C(OH)–C–C–N with tert-alkyl or cyclic N) is 1. The smallest absolute Gasteiger partial charge is 0.391 e. The van der Waals surface area contributed by atoms with E-state index in [2.05, 4.69) is 52.0 Å². The number of H-pyrrole nitrogens is 1. The van der Waals surface area contributed by atoms with Crippen LogP contribution in [0.1, 0.15) is 124 Å². The van der Waals surface area contributed by atoms with Crippen molar-refractivity contribution in [3.05, 3.63) is 123 Å². The number of nitrogens with zero attached hydrogens (tertiary/aromatic N) is 6. The highest BCUT2D eigenvalue weighted by Gasteiger charge is 2.53. The molecule has 9 rings (SSSR count). The molecule has 19 nitrogen and oxygen atoms in total. The van der Waals surface area contributed by atoms with Crippen molar-refractivity contribution in [3.63, 3.8) is 0 Å². The third kappa shape index (κ3) is 17.0. The third-order valence-corrected chi connectivity index (χ3v) is 18.2. The number of rotatable bonds is 23. The molecule has 0 spiro atoms. The van der Waals surface area contributed by atoms with Crippen LogP contribution in [0.5, 0.6) is 0 Å². The second-order valence-corrected chi connectivity index (χ2v) is 26.0. The van der Waals surface area contributed by atoms with Gasteiger partial charge in [0.2, 0.25) is 29.2 Å². The molecule has 5 aromatic rings. The van der Waals surface area contributed by atoms with Crippen LogP contribution in [0.4, 0.5) is 28.9 Å². The number of likely N-dealkylation sites (N-methyl/N-ethyl adjacent to an activating group) is 1. The number of carbonyl (C=O) groups excluding carboxylic acids is 6. The Bertz CT molecular complexity index is 3410. The highest BCUT2D eigenvalue weighted by molar-refractivity contribution is 7.13. The van der Waals surface area contributed by atoms with Crippen molar-refractivity contribution in [2.45, 2.75) is 135 Å². The van der Waals surface area contributed by atoms with Crippen LogP contribution in [0.3, 0.4) is 0 Å². The van der Waals surface area contributed by atoms with E-state index in [1.165, 1.54) is 16.2 Å². The summed E-state index contributed by atoms with van der Waals surface area (Å²) in [6, 6.07) is 18.3. The standard InChI is InChI=1S/C65H81F4N11O8S/c1-41-57(89-40-72-41)44-17-15-43(16-18-44)50(73-60(86)53-34-47(81)39-80(53)61(87)58(63(2,3)4)75-62(88)64(66)21-22-64)36-55(83)70-23-10-8-6-7-9-14-56(84)79-30-26-77(27-31-79)38-42-12-11-13-45(32-42)46-19-20-52(78-28-24-76(5)25-29-78)51(33-46)74-59(85)48-37-71-54(82)35-49(48)65(67,68)69/h11-13,15-20,32-33,35,37,40,47,50,53,58,81H,6-10,14,21-31,34,36,38-39H2,1-5H3,(H,70,83)(H,71,82)(H,73,86)(H,74,85)(H,75,88)/t47-,50+,53+,58-/m1/s1. The molecule has 5 heterocycles. The summed E-state index contributed by atoms with van der Waals surface area (Å²) in [4.78, 5) is 111. The average Bonchev–Trinajstić information content (AvgIpc) is 2.01. The molecule has 3 saturated heterocycles. The van der Waals surface area contributed by atoms with E-state index in [9.17, 15) is 56.2 Å². The van der Waals surface area contributed by atoms with Crippen molar-refractivity contribution >= 4 is 58.2 Å². The summed E-state index contributed by atoms with van der Waals surface area (Å²) in [6.07, 6.45) is -0.800. The lowest BCUT2D eigenvalue weighted by atomic mass is 9.85. The number of aliphatic hydroxyl groups excluding tert-OH is 1. The van der Waals surface area contributed by atoms with Gasteiger partial charge < -0.3 is 51.0 Å². The molecule has 4 aliphatic rings. The SMILES string of the molecule is Cc1ncsc1-c1ccc([C@H](CC(=O)NCCCCCCCC(=O)N2CCN(Cc3cccc(-c4ccc(N5CCN(C)CC5)c(NC(=O)c5c[nH]c(=O)cc5C(F)(F)F)c4)c3)CC2)NC(=O)[C@@H]2C[C@@H](O)CN2C(=O)[C@@H](NC(=O)C2(F)CC2)C(C)(C)C)cc1. The van der Waals surface area contributed by atoms with E-state index < -0.39 is 81.8 Å². The Kier molecular flexibility index (Phi) is 21.1. The number of amides is 6. The Morgan fingerprint density at radius 3 is 2.19 bits per heavy atom. The van der Waals surface area contributed by atoms with Crippen LogP contribution in [0.25, 0.3) is 21.6 Å².